The zero-order valence-corrected chi connectivity index (χ0v) is 14.9. The first-order chi connectivity index (χ1) is 12.8. The molecule has 3 rings (SSSR count). The number of halogens is 3. The van der Waals surface area contributed by atoms with Gasteiger partial charge in [-0.25, -0.2) is 0 Å². The highest BCUT2D eigenvalue weighted by Gasteiger charge is 2.35. The molecule has 1 unspecified atom stereocenters. The van der Waals surface area contributed by atoms with Crippen LogP contribution in [0, 0.1) is 0 Å². The van der Waals surface area contributed by atoms with Gasteiger partial charge in [0.25, 0.3) is 0 Å². The van der Waals surface area contributed by atoms with E-state index in [2.05, 4.69) is 0 Å². The van der Waals surface area contributed by atoms with E-state index in [1.54, 1.807) is 24.1 Å². The SMILES string of the molecule is COc1ccc2cc(C(C(=O)O)N3CCN(CC(F)(F)F)CC3)ccc2c1. The number of aliphatic carboxylic acids is 1. The molecule has 1 atom stereocenters. The van der Waals surface area contributed by atoms with Crippen molar-refractivity contribution in [2.24, 2.45) is 0 Å². The van der Waals surface area contributed by atoms with Crippen LogP contribution < -0.4 is 4.74 Å². The van der Waals surface area contributed by atoms with Crippen LogP contribution in [0.4, 0.5) is 13.2 Å². The van der Waals surface area contributed by atoms with Gasteiger partial charge in [-0.1, -0.05) is 18.2 Å². The van der Waals surface area contributed by atoms with Gasteiger partial charge in [0.05, 0.1) is 13.7 Å². The molecule has 1 aliphatic heterocycles. The molecule has 2 aromatic carbocycles. The van der Waals surface area contributed by atoms with E-state index in [1.807, 2.05) is 24.3 Å². The second-order valence-electron chi connectivity index (χ2n) is 6.64. The lowest BCUT2D eigenvalue weighted by Crippen LogP contribution is -2.51. The van der Waals surface area contributed by atoms with Gasteiger partial charge in [0.15, 0.2) is 0 Å². The van der Waals surface area contributed by atoms with Crippen molar-refractivity contribution >= 4 is 16.7 Å². The van der Waals surface area contributed by atoms with Gasteiger partial charge in [-0.2, -0.15) is 13.2 Å². The Morgan fingerprint density at radius 2 is 1.74 bits per heavy atom. The van der Waals surface area contributed by atoms with E-state index >= 15 is 0 Å². The minimum atomic E-state index is -4.24. The van der Waals surface area contributed by atoms with Gasteiger partial charge in [-0.05, 0) is 34.5 Å². The van der Waals surface area contributed by atoms with Gasteiger partial charge in [-0.15, -0.1) is 0 Å². The monoisotopic (exact) mass is 382 g/mol. The van der Waals surface area contributed by atoms with Crippen LogP contribution in [0.3, 0.4) is 0 Å². The van der Waals surface area contributed by atoms with Crippen LogP contribution in [0.25, 0.3) is 10.8 Å². The molecule has 146 valence electrons. The van der Waals surface area contributed by atoms with E-state index in [0.29, 0.717) is 11.3 Å². The van der Waals surface area contributed by atoms with Crippen molar-refractivity contribution in [3.05, 3.63) is 42.0 Å². The van der Waals surface area contributed by atoms with Crippen LogP contribution in [-0.4, -0.2) is 66.9 Å². The zero-order chi connectivity index (χ0) is 19.6. The number of rotatable bonds is 5. The Morgan fingerprint density at radius 1 is 1.11 bits per heavy atom. The summed E-state index contributed by atoms with van der Waals surface area (Å²) in [6, 6.07) is 10.0. The average molecular weight is 382 g/mol. The number of fused-ring (bicyclic) bond motifs is 1. The molecule has 0 bridgehead atoms. The third-order valence-corrected chi connectivity index (χ3v) is 4.80. The summed E-state index contributed by atoms with van der Waals surface area (Å²) in [5, 5.41) is 11.5. The van der Waals surface area contributed by atoms with Crippen molar-refractivity contribution in [1.82, 2.24) is 9.80 Å². The molecule has 8 heteroatoms. The summed E-state index contributed by atoms with van der Waals surface area (Å²) < 4.78 is 42.8. The molecule has 5 nitrogen and oxygen atoms in total. The number of carbonyl (C=O) groups is 1. The minimum absolute atomic E-state index is 0.189. The smallest absolute Gasteiger partial charge is 0.401 e. The van der Waals surface area contributed by atoms with Crippen molar-refractivity contribution in [3.8, 4) is 5.75 Å². The molecule has 0 amide bonds. The van der Waals surface area contributed by atoms with Crippen LogP contribution in [0.1, 0.15) is 11.6 Å². The van der Waals surface area contributed by atoms with Gasteiger partial charge < -0.3 is 9.84 Å². The third-order valence-electron chi connectivity index (χ3n) is 4.80. The van der Waals surface area contributed by atoms with Crippen molar-refractivity contribution in [2.75, 3.05) is 39.8 Å². The third kappa shape index (κ3) is 4.70. The Balaban J connectivity index is 1.78. The molecule has 1 saturated heterocycles. The lowest BCUT2D eigenvalue weighted by Gasteiger charge is -2.38. The Bertz CT molecular complexity index is 817. The topological polar surface area (TPSA) is 53.0 Å². The predicted molar refractivity (Wildman–Crippen MR) is 94.9 cm³/mol. The van der Waals surface area contributed by atoms with E-state index in [0.717, 1.165) is 10.8 Å². The fourth-order valence-electron chi connectivity index (χ4n) is 3.48. The van der Waals surface area contributed by atoms with Crippen LogP contribution >= 0.6 is 0 Å². The summed E-state index contributed by atoms with van der Waals surface area (Å²) >= 11 is 0. The molecule has 27 heavy (non-hydrogen) atoms. The van der Waals surface area contributed by atoms with E-state index in [4.69, 9.17) is 4.74 Å². The Labute approximate surface area is 154 Å². The summed E-state index contributed by atoms with van der Waals surface area (Å²) in [5.41, 5.74) is 0.615. The van der Waals surface area contributed by atoms with Gasteiger partial charge in [-0.3, -0.25) is 14.6 Å². The predicted octanol–water partition coefficient (Wildman–Crippen LogP) is 3.15. The molecular weight excluding hydrogens is 361 g/mol. The van der Waals surface area contributed by atoms with Gasteiger partial charge in [0.1, 0.15) is 11.8 Å². The van der Waals surface area contributed by atoms with Crippen LogP contribution in [-0.2, 0) is 4.79 Å². The summed E-state index contributed by atoms with van der Waals surface area (Å²) in [5.74, 6) is -0.294. The van der Waals surface area contributed by atoms with Crippen molar-refractivity contribution in [1.29, 1.82) is 0 Å². The molecule has 0 aromatic heterocycles. The zero-order valence-electron chi connectivity index (χ0n) is 14.9. The standard InChI is InChI=1S/C19H21F3N2O3/c1-27-16-5-4-13-10-15(3-2-14(13)11-16)17(18(25)26)24-8-6-23(7-9-24)12-19(20,21)22/h2-5,10-11,17H,6-9,12H2,1H3,(H,25,26). The quantitative estimate of drug-likeness (QED) is 0.861. The normalized spacial score (nSPS) is 17.8. The van der Waals surface area contributed by atoms with Crippen molar-refractivity contribution in [3.63, 3.8) is 0 Å². The van der Waals surface area contributed by atoms with Gasteiger partial charge >= 0.3 is 12.1 Å². The van der Waals surface area contributed by atoms with E-state index in [1.165, 1.54) is 4.90 Å². The molecular formula is C19H21F3N2O3. The van der Waals surface area contributed by atoms with Crippen molar-refractivity contribution in [2.45, 2.75) is 12.2 Å². The number of carboxylic acids is 1. The maximum atomic E-state index is 12.5. The summed E-state index contributed by atoms with van der Waals surface area (Å²) in [6.45, 7) is -0.0417. The summed E-state index contributed by atoms with van der Waals surface area (Å²) in [4.78, 5) is 14.9. The Hall–Kier alpha value is -2.32. The molecule has 0 spiro atoms. The second kappa shape index (κ2) is 7.74. The highest BCUT2D eigenvalue weighted by Crippen LogP contribution is 2.28. The Morgan fingerprint density at radius 3 is 2.33 bits per heavy atom. The summed E-state index contributed by atoms with van der Waals surface area (Å²) in [6.07, 6.45) is -4.24. The number of ether oxygens (including phenoxy) is 1. The number of alkyl halides is 3. The highest BCUT2D eigenvalue weighted by molar-refractivity contribution is 5.86. The lowest BCUT2D eigenvalue weighted by atomic mass is 10.00. The number of methoxy groups -OCH3 is 1. The van der Waals surface area contributed by atoms with Gasteiger partial charge in [0.2, 0.25) is 0 Å². The molecule has 0 saturated carbocycles. The maximum Gasteiger partial charge on any atom is 0.401 e. The van der Waals surface area contributed by atoms with Crippen LogP contribution in [0.2, 0.25) is 0 Å². The average Bonchev–Trinajstić information content (AvgIpc) is 2.61. The number of carboxylic acid groups (broad SMARTS) is 1. The number of hydrogen-bond donors (Lipinski definition) is 1. The fourth-order valence-corrected chi connectivity index (χ4v) is 3.48. The number of piperazine rings is 1. The van der Waals surface area contributed by atoms with Gasteiger partial charge in [0, 0.05) is 26.2 Å². The molecule has 2 aromatic rings. The number of hydrogen-bond acceptors (Lipinski definition) is 4. The highest BCUT2D eigenvalue weighted by atomic mass is 19.4. The van der Waals surface area contributed by atoms with E-state index in [9.17, 15) is 23.1 Å². The molecule has 1 aliphatic rings. The first-order valence-electron chi connectivity index (χ1n) is 8.60. The minimum Gasteiger partial charge on any atom is -0.497 e. The molecule has 0 radical (unpaired) electrons. The largest absolute Gasteiger partial charge is 0.497 e. The lowest BCUT2D eigenvalue weighted by molar-refractivity contribution is -0.154. The van der Waals surface area contributed by atoms with E-state index in [-0.39, 0.29) is 26.2 Å². The number of nitrogens with zero attached hydrogens (tertiary/aromatic N) is 2. The van der Waals surface area contributed by atoms with Crippen LogP contribution in [0.5, 0.6) is 5.75 Å². The summed E-state index contributed by atoms with van der Waals surface area (Å²) in [7, 11) is 1.58. The molecule has 1 N–H and O–H groups in total. The van der Waals surface area contributed by atoms with Crippen molar-refractivity contribution < 1.29 is 27.8 Å². The van der Waals surface area contributed by atoms with E-state index < -0.39 is 24.7 Å². The first kappa shape index (κ1) is 19.4. The molecule has 1 heterocycles. The maximum absolute atomic E-state index is 12.5. The molecule has 0 aliphatic carbocycles. The Kier molecular flexibility index (Phi) is 5.57. The van der Waals surface area contributed by atoms with Crippen LogP contribution in [0.15, 0.2) is 36.4 Å². The molecule has 1 fully saturated rings. The first-order valence-corrected chi connectivity index (χ1v) is 8.60. The fraction of sp³-hybridized carbons (Fsp3) is 0.421. The second-order valence-corrected chi connectivity index (χ2v) is 6.64. The number of benzene rings is 2.